The van der Waals surface area contributed by atoms with Gasteiger partial charge in [-0.15, -0.1) is 0 Å². The van der Waals surface area contributed by atoms with Gasteiger partial charge in [0.2, 0.25) is 33.6 Å². The second-order valence-corrected chi connectivity index (χ2v) is 39.1. The Kier molecular flexibility index (Phi) is 14.9. The van der Waals surface area contributed by atoms with Crippen molar-refractivity contribution in [1.29, 1.82) is 0 Å². The molecule has 10 aliphatic rings. The average molecular weight is 1710 g/mol. The lowest BCUT2D eigenvalue weighted by Crippen LogP contribution is -2.53. The summed E-state index contributed by atoms with van der Waals surface area (Å²) in [4.78, 5) is 0. The Bertz CT molecular complexity index is 9610. The molecule has 10 heteroatoms. The maximum Gasteiger partial charge on any atom is 0.248 e. The summed E-state index contributed by atoms with van der Waals surface area (Å²) < 4.78 is 12.5. The first-order valence-corrected chi connectivity index (χ1v) is 48.0. The van der Waals surface area contributed by atoms with Crippen LogP contribution < -0.4 is 81.9 Å². The lowest BCUT2D eigenvalue weighted by molar-refractivity contribution is 1.18. The molecule has 620 valence electrons. The molecule has 0 unspecified atom stereocenters. The lowest BCUT2D eigenvalue weighted by atomic mass is 9.37. The normalized spacial score (nSPS) is 13.3. The highest BCUT2D eigenvalue weighted by molar-refractivity contribution is 7.04. The van der Waals surface area contributed by atoms with Crippen LogP contribution in [0.1, 0.15) is 27.8 Å². The zero-order valence-electron chi connectivity index (χ0n) is 75.2. The molecule has 0 fully saturated rings. The first-order chi connectivity index (χ1) is 66.7. The molecule has 0 saturated heterocycles. The number of para-hydroxylation sites is 6. The van der Waals surface area contributed by atoms with Gasteiger partial charge < -0.3 is 22.8 Å². The van der Waals surface area contributed by atoms with Crippen molar-refractivity contribution in [3.05, 3.63) is 422 Å². The maximum absolute atomic E-state index is 2.52. The lowest BCUT2D eigenvalue weighted by Gasteiger charge is -2.24. The molecule has 0 bridgehead atoms. The number of aromatic nitrogens is 5. The molecule has 0 amide bonds. The van der Waals surface area contributed by atoms with Crippen LogP contribution in [0.25, 0.3) is 193 Å². The van der Waals surface area contributed by atoms with Gasteiger partial charge in [-0.05, 0) is 228 Å². The topological polar surface area (TPSA) is 24.6 Å². The van der Waals surface area contributed by atoms with Crippen LogP contribution in [0.3, 0.4) is 0 Å². The van der Waals surface area contributed by atoms with E-state index in [1.807, 2.05) is 0 Å². The third-order valence-electron chi connectivity index (χ3n) is 32.5. The van der Waals surface area contributed by atoms with E-state index in [0.29, 0.717) is 33.6 Å². The highest BCUT2D eigenvalue weighted by atomic mass is 15.0. The van der Waals surface area contributed by atoms with E-state index in [4.69, 9.17) is 0 Å². The fourth-order valence-corrected chi connectivity index (χ4v) is 27.5. The minimum Gasteiger partial charge on any atom is -0.310 e. The van der Waals surface area contributed by atoms with Crippen LogP contribution in [-0.4, -0.2) is 56.4 Å². The maximum atomic E-state index is 2.52. The van der Waals surface area contributed by atoms with Crippen LogP contribution in [0.5, 0.6) is 0 Å². The summed E-state index contributed by atoms with van der Waals surface area (Å²) in [7, 11) is 0. The van der Waals surface area contributed by atoms with Gasteiger partial charge in [-0.3, -0.25) is 0 Å². The van der Waals surface area contributed by atoms with Gasteiger partial charge in [0.1, 0.15) is 0 Å². The highest BCUT2D eigenvalue weighted by Gasteiger charge is 2.47. The number of benzene rings is 20. The molecular weight excluding hydrogens is 1630 g/mol. The minimum absolute atomic E-state index is 0.340. The largest absolute Gasteiger partial charge is 0.310 e. The Morgan fingerprint density at radius 1 is 0.156 bits per heavy atom. The minimum atomic E-state index is 0.340. The molecule has 5 aromatic heterocycles. The summed E-state index contributed by atoms with van der Waals surface area (Å²) in [5.41, 5.74) is 62.6. The SMILES string of the molecule is Cc1ccc2c(c1)c1cccc3c1n2-c1cccc2c1B3c1ccccc1-2.Cc1ccc2c3c1c1ccccc1n3-c1cccc3c1B2c1ccccc1-3.Cc1ccc2c3cccc4c3n(c2c1)-c1cccc2c1B4c1ccccc1-2.Cc1cccc2c1c1cccc3c1n2-c1cccc2c1B3c1ccccc1-2.Cc1cccc2c3cccc4c3n(c12)-c1cccc2c1B4c1ccccc1-2. The van der Waals surface area contributed by atoms with Crippen LogP contribution in [0.4, 0.5) is 0 Å². The first-order valence-electron chi connectivity index (χ1n) is 48.0. The summed E-state index contributed by atoms with van der Waals surface area (Å²) in [6.45, 7) is 12.8. The molecule has 25 aromatic rings. The van der Waals surface area contributed by atoms with Gasteiger partial charge in [-0.1, -0.05) is 367 Å². The number of fused-ring (bicyclic) bond motifs is 40. The fraction of sp³-hybridized carbons (Fsp3) is 0.0400. The van der Waals surface area contributed by atoms with E-state index in [9.17, 15) is 0 Å². The van der Waals surface area contributed by atoms with Gasteiger partial charge in [0.25, 0.3) is 0 Å². The summed E-state index contributed by atoms with van der Waals surface area (Å²) in [5, 5.41) is 13.7. The Labute approximate surface area is 782 Å². The van der Waals surface area contributed by atoms with Crippen LogP contribution in [0.15, 0.2) is 394 Å². The van der Waals surface area contributed by atoms with E-state index in [1.54, 1.807) is 0 Å². The van der Waals surface area contributed by atoms with Gasteiger partial charge in [0.05, 0.1) is 27.6 Å². The van der Waals surface area contributed by atoms with Crippen molar-refractivity contribution in [2.45, 2.75) is 34.6 Å². The molecule has 35 rings (SSSR count). The van der Waals surface area contributed by atoms with Crippen molar-refractivity contribution in [3.63, 3.8) is 0 Å². The third-order valence-corrected chi connectivity index (χ3v) is 32.5. The van der Waals surface area contributed by atoms with Crippen molar-refractivity contribution in [1.82, 2.24) is 22.8 Å². The van der Waals surface area contributed by atoms with Crippen molar-refractivity contribution in [2.75, 3.05) is 0 Å². The van der Waals surface area contributed by atoms with Gasteiger partial charge in [-0.25, -0.2) is 0 Å². The second-order valence-electron chi connectivity index (χ2n) is 39.1. The van der Waals surface area contributed by atoms with Crippen molar-refractivity contribution in [2.24, 2.45) is 0 Å². The molecule has 15 heterocycles. The predicted octanol–water partition coefficient (Wildman–Crippen LogP) is 19.5. The number of hydrogen-bond acceptors (Lipinski definition) is 0. The molecule has 0 spiro atoms. The number of nitrogens with zero attached hydrogens (tertiary/aromatic N) is 5. The molecule has 135 heavy (non-hydrogen) atoms. The zero-order valence-corrected chi connectivity index (χ0v) is 75.2. The van der Waals surface area contributed by atoms with E-state index < -0.39 is 0 Å². The molecule has 5 nitrogen and oxygen atoms in total. The van der Waals surface area contributed by atoms with Crippen molar-refractivity contribution >= 4 is 225 Å². The first kappa shape index (κ1) is 74.4. The standard InChI is InChI=1S/5C25H16BN/c1-15-13-14-20-25-23(15)18-8-3-5-11-21(18)27(25)22-12-6-9-17-16-7-2-4-10-19(16)26(20)24(17)22;1-15-7-4-13-21-23(15)18-10-5-12-20-25(18)27(21)22-14-6-9-17-16-8-2-3-11-19(16)26(20)24(17)22;1-15-7-4-10-18-19-11-5-13-21-25(19)27(24(15)18)22-14-6-9-17-16-8-2-3-12-20(16)26(21)23(17)22;1-15-12-13-17-19-8-4-10-21-25(19)27(23(17)14-15)22-11-5-7-18-16-6-2-3-9-20(16)26(21)24(18)22;1-15-12-13-22-19(14-15)18-8-4-10-21-25(18)27(22)23-11-5-7-17-16-6-2-3-9-20(16)26(21)24(17)23/h5*2-14H,1H3. The van der Waals surface area contributed by atoms with E-state index in [-0.39, 0.29) is 0 Å². The van der Waals surface area contributed by atoms with Crippen LogP contribution in [0.2, 0.25) is 0 Å². The molecule has 0 saturated carbocycles. The third kappa shape index (κ3) is 9.53. The molecular formula is C125H80B5N5. The molecule has 0 radical (unpaired) electrons. The zero-order chi connectivity index (χ0) is 88.5. The number of rotatable bonds is 0. The summed E-state index contributed by atoms with van der Waals surface area (Å²) in [5.74, 6) is 0. The Morgan fingerprint density at radius 2 is 0.452 bits per heavy atom. The van der Waals surface area contributed by atoms with E-state index >= 15 is 0 Å². The number of hydrogen-bond donors (Lipinski definition) is 0. The van der Waals surface area contributed by atoms with Crippen LogP contribution >= 0.6 is 0 Å². The molecule has 10 aliphatic heterocycles. The second kappa shape index (κ2) is 27.0. The smallest absolute Gasteiger partial charge is 0.248 e. The predicted molar refractivity (Wildman–Crippen MR) is 578 cm³/mol. The highest BCUT2D eigenvalue weighted by Crippen LogP contribution is 2.46. The van der Waals surface area contributed by atoms with Crippen molar-refractivity contribution in [3.8, 4) is 84.1 Å². The molecule has 0 atom stereocenters. The van der Waals surface area contributed by atoms with Crippen LogP contribution in [-0.2, 0) is 0 Å². The summed E-state index contributed by atoms with van der Waals surface area (Å²) in [6.07, 6.45) is 0. The monoisotopic (exact) mass is 1710 g/mol. The average Bonchev–Trinajstić information content (AvgIpc) is 1.54. The van der Waals surface area contributed by atoms with E-state index in [0.717, 1.165) is 0 Å². The van der Waals surface area contributed by atoms with E-state index in [1.165, 1.54) is 303 Å². The Balaban J connectivity index is 0.0000000788. The number of aryl methyl sites for hydroxylation is 5. The summed E-state index contributed by atoms with van der Waals surface area (Å²) >= 11 is 0. The van der Waals surface area contributed by atoms with E-state index in [2.05, 4.69) is 452 Å². The quantitative estimate of drug-likeness (QED) is 0.135. The summed E-state index contributed by atoms with van der Waals surface area (Å²) in [6, 6.07) is 147. The Morgan fingerprint density at radius 3 is 0.941 bits per heavy atom. The molecule has 0 N–H and O–H groups in total. The van der Waals surface area contributed by atoms with Crippen LogP contribution in [0, 0.1) is 34.6 Å². The van der Waals surface area contributed by atoms with Gasteiger partial charge in [-0.2, -0.15) is 0 Å². The van der Waals surface area contributed by atoms with Gasteiger partial charge in [0, 0.05) is 110 Å². The van der Waals surface area contributed by atoms with Crippen molar-refractivity contribution < 1.29 is 0 Å². The molecule has 20 aromatic carbocycles. The fourth-order valence-electron chi connectivity index (χ4n) is 27.5. The Hall–Kier alpha value is -16.3. The van der Waals surface area contributed by atoms with Gasteiger partial charge >= 0.3 is 0 Å². The van der Waals surface area contributed by atoms with Gasteiger partial charge in [0.15, 0.2) is 0 Å². The molecule has 0 aliphatic carbocycles.